The number of carbonyl (C=O) groups excluding carboxylic acids is 4. The number of hydrogen-bond donors (Lipinski definition) is 4. The summed E-state index contributed by atoms with van der Waals surface area (Å²) in [6.07, 6.45) is 0.513. The molecule has 1 unspecified atom stereocenters. The van der Waals surface area contributed by atoms with Crippen LogP contribution in [0.1, 0.15) is 45.7 Å². The first-order valence-electron chi connectivity index (χ1n) is 12.5. The molecule has 12 nitrogen and oxygen atoms in total. The number of amides is 5. The van der Waals surface area contributed by atoms with Crippen molar-refractivity contribution >= 4 is 29.4 Å². The Hall–Kier alpha value is -4.84. The molecule has 0 aliphatic carbocycles. The maximum absolute atomic E-state index is 12.8. The second kappa shape index (κ2) is 11.3. The maximum atomic E-state index is 12.8. The lowest BCUT2D eigenvalue weighted by molar-refractivity contribution is -0.136. The molecule has 2 aliphatic heterocycles. The molecule has 1 aromatic heterocycles. The number of nitrogens with two attached hydrogens (primary N) is 1. The molecule has 5 rings (SSSR count). The van der Waals surface area contributed by atoms with Gasteiger partial charge in [0.25, 0.3) is 5.91 Å². The molecule has 1 atom stereocenters. The lowest BCUT2D eigenvalue weighted by atomic mass is 10.0. The van der Waals surface area contributed by atoms with Gasteiger partial charge in [0, 0.05) is 37.3 Å². The maximum Gasteiger partial charge on any atom is 0.319 e. The molecule has 1 saturated heterocycles. The summed E-state index contributed by atoms with van der Waals surface area (Å²) >= 11 is 0. The van der Waals surface area contributed by atoms with E-state index in [4.69, 9.17) is 10.5 Å². The predicted molar refractivity (Wildman–Crippen MR) is 139 cm³/mol. The second-order valence-electron chi connectivity index (χ2n) is 9.23. The molecule has 2 aromatic carbocycles. The van der Waals surface area contributed by atoms with Gasteiger partial charge in [-0.05, 0) is 60.0 Å². The average Bonchev–Trinajstić information content (AvgIpc) is 3.27. The standard InChI is InChI=1S/C27H27N7O5/c28-12-19-2-3-20(33-32-19)15-39-21-6-4-18(5-7-21)30-27(38)29-13-16-1-8-22-17(11-16)14-34(26(22)37)23-9-10-24(35)31-25(23)36/h1-8,11,23H,9-10,12-15,28H2,(H2,29,30,38)(H,31,35,36). The third-order valence-corrected chi connectivity index (χ3v) is 6.52. The van der Waals surface area contributed by atoms with Gasteiger partial charge in [0.05, 0.1) is 5.69 Å². The van der Waals surface area contributed by atoms with E-state index in [0.717, 1.165) is 11.1 Å². The zero-order valence-electron chi connectivity index (χ0n) is 21.0. The van der Waals surface area contributed by atoms with Crippen LogP contribution in [0.25, 0.3) is 0 Å². The summed E-state index contributed by atoms with van der Waals surface area (Å²) < 4.78 is 5.71. The minimum absolute atomic E-state index is 0.204. The average molecular weight is 530 g/mol. The number of aromatic nitrogens is 2. The van der Waals surface area contributed by atoms with Crippen LogP contribution in [0.4, 0.5) is 10.5 Å². The Morgan fingerprint density at radius 1 is 1.05 bits per heavy atom. The van der Waals surface area contributed by atoms with Gasteiger partial charge in [0.15, 0.2) is 0 Å². The van der Waals surface area contributed by atoms with Gasteiger partial charge in [-0.2, -0.15) is 10.2 Å². The smallest absolute Gasteiger partial charge is 0.319 e. The predicted octanol–water partition coefficient (Wildman–Crippen LogP) is 1.60. The van der Waals surface area contributed by atoms with Crippen molar-refractivity contribution in [3.8, 4) is 5.75 Å². The van der Waals surface area contributed by atoms with Crippen LogP contribution in [-0.4, -0.2) is 44.9 Å². The highest BCUT2D eigenvalue weighted by atomic mass is 16.5. The number of rotatable bonds is 8. The summed E-state index contributed by atoms with van der Waals surface area (Å²) in [6.45, 7) is 1.11. The molecule has 0 spiro atoms. The third kappa shape index (κ3) is 6.02. The first kappa shape index (κ1) is 25.8. The van der Waals surface area contributed by atoms with E-state index in [1.165, 1.54) is 4.90 Å². The first-order valence-corrected chi connectivity index (χ1v) is 12.5. The van der Waals surface area contributed by atoms with Crippen molar-refractivity contribution in [2.75, 3.05) is 5.32 Å². The molecule has 2 aliphatic rings. The Bertz CT molecular complexity index is 1410. The van der Waals surface area contributed by atoms with Crippen LogP contribution in [0.5, 0.6) is 5.75 Å². The Kier molecular flexibility index (Phi) is 7.46. The topological polar surface area (TPSA) is 169 Å². The summed E-state index contributed by atoms with van der Waals surface area (Å²) in [7, 11) is 0. The molecule has 0 bridgehead atoms. The molecule has 39 heavy (non-hydrogen) atoms. The number of nitrogens with zero attached hydrogens (tertiary/aromatic N) is 3. The Balaban J connectivity index is 1.10. The van der Waals surface area contributed by atoms with Gasteiger partial charge in [0.2, 0.25) is 11.8 Å². The number of urea groups is 1. The van der Waals surface area contributed by atoms with E-state index in [1.54, 1.807) is 42.5 Å². The fraction of sp³-hybridized carbons (Fsp3) is 0.259. The van der Waals surface area contributed by atoms with Crippen LogP contribution in [0.15, 0.2) is 54.6 Å². The van der Waals surface area contributed by atoms with Gasteiger partial charge >= 0.3 is 6.03 Å². The van der Waals surface area contributed by atoms with E-state index < -0.39 is 11.9 Å². The van der Waals surface area contributed by atoms with Crippen LogP contribution in [-0.2, 0) is 35.8 Å². The largest absolute Gasteiger partial charge is 0.487 e. The number of nitrogens with one attached hydrogen (secondary N) is 3. The van der Waals surface area contributed by atoms with Crippen LogP contribution in [0, 0.1) is 0 Å². The summed E-state index contributed by atoms with van der Waals surface area (Å²) in [5, 5.41) is 15.9. The van der Waals surface area contributed by atoms with E-state index in [9.17, 15) is 19.2 Å². The molecule has 0 radical (unpaired) electrons. The van der Waals surface area contributed by atoms with Crippen molar-refractivity contribution in [2.45, 2.75) is 45.1 Å². The lowest BCUT2D eigenvalue weighted by Crippen LogP contribution is -2.52. The van der Waals surface area contributed by atoms with Gasteiger partial charge in [-0.3, -0.25) is 19.7 Å². The summed E-state index contributed by atoms with van der Waals surface area (Å²) in [5.74, 6) is -0.388. The normalized spacial score (nSPS) is 16.5. The van der Waals surface area contributed by atoms with E-state index in [1.807, 2.05) is 12.1 Å². The van der Waals surface area contributed by atoms with E-state index in [-0.39, 0.29) is 44.0 Å². The number of carbonyl (C=O) groups is 4. The van der Waals surface area contributed by atoms with Crippen LogP contribution in [0.2, 0.25) is 0 Å². The number of imide groups is 1. The Morgan fingerprint density at radius 2 is 1.82 bits per heavy atom. The monoisotopic (exact) mass is 529 g/mol. The number of benzene rings is 2. The summed E-state index contributed by atoms with van der Waals surface area (Å²) in [6, 6.07) is 14.8. The van der Waals surface area contributed by atoms with Crippen molar-refractivity contribution < 1.29 is 23.9 Å². The van der Waals surface area contributed by atoms with Crippen molar-refractivity contribution in [3.63, 3.8) is 0 Å². The second-order valence-corrected chi connectivity index (χ2v) is 9.23. The van der Waals surface area contributed by atoms with Crippen molar-refractivity contribution in [1.82, 2.24) is 25.7 Å². The highest BCUT2D eigenvalue weighted by molar-refractivity contribution is 6.05. The number of fused-ring (bicyclic) bond motifs is 1. The quantitative estimate of drug-likeness (QED) is 0.319. The fourth-order valence-electron chi connectivity index (χ4n) is 4.46. The molecule has 3 aromatic rings. The van der Waals surface area contributed by atoms with Gasteiger partial charge in [-0.25, -0.2) is 4.79 Å². The number of anilines is 1. The molecule has 5 amide bonds. The van der Waals surface area contributed by atoms with E-state index in [2.05, 4.69) is 26.1 Å². The zero-order chi connectivity index (χ0) is 27.4. The number of hydrogen-bond acceptors (Lipinski definition) is 8. The molecule has 5 N–H and O–H groups in total. The van der Waals surface area contributed by atoms with Gasteiger partial charge in [0.1, 0.15) is 24.1 Å². The fourth-order valence-corrected chi connectivity index (χ4v) is 4.46. The molecule has 12 heteroatoms. The number of piperidine rings is 1. The minimum Gasteiger partial charge on any atom is -0.487 e. The molecular formula is C27H27N7O5. The Morgan fingerprint density at radius 3 is 2.54 bits per heavy atom. The highest BCUT2D eigenvalue weighted by Gasteiger charge is 2.39. The van der Waals surface area contributed by atoms with Gasteiger partial charge in [-0.15, -0.1) is 0 Å². The van der Waals surface area contributed by atoms with Crippen LogP contribution in [0.3, 0.4) is 0 Å². The molecule has 200 valence electrons. The van der Waals surface area contributed by atoms with E-state index in [0.29, 0.717) is 41.4 Å². The molecule has 0 saturated carbocycles. The minimum atomic E-state index is -0.664. The molecule has 1 fully saturated rings. The third-order valence-electron chi connectivity index (χ3n) is 6.52. The Labute approximate surface area is 223 Å². The van der Waals surface area contributed by atoms with Gasteiger partial charge < -0.3 is 26.0 Å². The molecule has 3 heterocycles. The summed E-state index contributed by atoms with van der Waals surface area (Å²) in [5.41, 5.74) is 9.60. The molecular weight excluding hydrogens is 502 g/mol. The highest BCUT2D eigenvalue weighted by Crippen LogP contribution is 2.28. The van der Waals surface area contributed by atoms with Crippen LogP contribution >= 0.6 is 0 Å². The lowest BCUT2D eigenvalue weighted by Gasteiger charge is -2.29. The van der Waals surface area contributed by atoms with Crippen molar-refractivity contribution in [1.29, 1.82) is 0 Å². The number of ether oxygens (including phenoxy) is 1. The zero-order valence-corrected chi connectivity index (χ0v) is 21.0. The first-order chi connectivity index (χ1) is 18.9. The van der Waals surface area contributed by atoms with Gasteiger partial charge in [-0.1, -0.05) is 12.1 Å². The van der Waals surface area contributed by atoms with E-state index >= 15 is 0 Å². The summed E-state index contributed by atoms with van der Waals surface area (Å²) in [4.78, 5) is 50.4. The van der Waals surface area contributed by atoms with Crippen LogP contribution < -0.4 is 26.4 Å². The SMILES string of the molecule is NCc1ccc(COc2ccc(NC(=O)NCc3ccc4c(c3)CN(C3CCC(=O)NC3=O)C4=O)cc2)nn1. The van der Waals surface area contributed by atoms with Crippen molar-refractivity contribution in [3.05, 3.63) is 82.7 Å². The van der Waals surface area contributed by atoms with Crippen molar-refractivity contribution in [2.24, 2.45) is 5.73 Å².